The van der Waals surface area contributed by atoms with Crippen molar-refractivity contribution in [3.8, 4) is 11.5 Å². The molecule has 7 nitrogen and oxygen atoms in total. The van der Waals surface area contributed by atoms with E-state index in [2.05, 4.69) is 25.1 Å². The first-order valence-corrected chi connectivity index (χ1v) is 3.79. The molecule has 7 heteroatoms. The third-order valence-electron chi connectivity index (χ3n) is 1.68. The number of nitrogen functional groups attached to an aromatic ring is 1. The lowest BCUT2D eigenvalue weighted by Crippen LogP contribution is -1.98. The van der Waals surface area contributed by atoms with Crippen molar-refractivity contribution < 1.29 is 4.63 Å². The zero-order chi connectivity index (χ0) is 9.26. The highest BCUT2D eigenvalue weighted by Gasteiger charge is 2.14. The standard InChI is InChI=1S/C6H8N6O/c1-2-12-3-8-9-6(12)4-5(7)11-13-10-4/h3H,2H2,1H3,(H2,7,11). The molecule has 2 heterocycles. The van der Waals surface area contributed by atoms with E-state index >= 15 is 0 Å². The summed E-state index contributed by atoms with van der Waals surface area (Å²) < 4.78 is 6.26. The van der Waals surface area contributed by atoms with E-state index in [4.69, 9.17) is 5.73 Å². The maximum absolute atomic E-state index is 5.51. The number of nitrogens with zero attached hydrogens (tertiary/aromatic N) is 5. The topological polar surface area (TPSA) is 95.6 Å². The predicted molar refractivity (Wildman–Crippen MR) is 43.4 cm³/mol. The van der Waals surface area contributed by atoms with Gasteiger partial charge in [0, 0.05) is 6.54 Å². The number of aromatic nitrogens is 5. The highest BCUT2D eigenvalue weighted by atomic mass is 16.6. The van der Waals surface area contributed by atoms with Gasteiger partial charge in [-0.25, -0.2) is 4.63 Å². The molecule has 0 spiro atoms. The van der Waals surface area contributed by atoms with Crippen LogP contribution in [-0.4, -0.2) is 25.1 Å². The summed E-state index contributed by atoms with van der Waals surface area (Å²) in [7, 11) is 0. The Labute approximate surface area is 73.5 Å². The Balaban J connectivity index is 2.52. The lowest BCUT2D eigenvalue weighted by molar-refractivity contribution is 0.310. The number of rotatable bonds is 2. The summed E-state index contributed by atoms with van der Waals surface area (Å²) in [5, 5.41) is 14.7. The van der Waals surface area contributed by atoms with Crippen LogP contribution in [-0.2, 0) is 6.54 Å². The molecule has 0 radical (unpaired) electrons. The van der Waals surface area contributed by atoms with Crippen LogP contribution >= 0.6 is 0 Å². The summed E-state index contributed by atoms with van der Waals surface area (Å²) >= 11 is 0. The van der Waals surface area contributed by atoms with Crippen molar-refractivity contribution in [3.63, 3.8) is 0 Å². The molecule has 0 saturated heterocycles. The molecule has 0 aromatic carbocycles. The van der Waals surface area contributed by atoms with Crippen LogP contribution in [0.2, 0.25) is 0 Å². The fraction of sp³-hybridized carbons (Fsp3) is 0.333. The van der Waals surface area contributed by atoms with E-state index in [0.717, 1.165) is 6.54 Å². The predicted octanol–water partition coefficient (Wildman–Crippen LogP) is -0.0698. The highest BCUT2D eigenvalue weighted by Crippen LogP contribution is 2.18. The van der Waals surface area contributed by atoms with E-state index in [9.17, 15) is 0 Å². The van der Waals surface area contributed by atoms with Crippen molar-refractivity contribution in [2.45, 2.75) is 13.5 Å². The number of nitrogens with two attached hydrogens (primary N) is 1. The molecular weight excluding hydrogens is 172 g/mol. The lowest BCUT2D eigenvalue weighted by atomic mass is 10.4. The first-order chi connectivity index (χ1) is 6.33. The molecule has 0 atom stereocenters. The summed E-state index contributed by atoms with van der Waals surface area (Å²) in [6.45, 7) is 2.71. The Hall–Kier alpha value is -1.92. The quantitative estimate of drug-likeness (QED) is 0.694. The van der Waals surface area contributed by atoms with E-state index < -0.39 is 0 Å². The Morgan fingerprint density at radius 1 is 1.54 bits per heavy atom. The SMILES string of the molecule is CCn1cnnc1-c1nonc1N. The Morgan fingerprint density at radius 3 is 3.00 bits per heavy atom. The van der Waals surface area contributed by atoms with Crippen molar-refractivity contribution in [1.82, 2.24) is 25.1 Å². The Kier molecular flexibility index (Phi) is 1.69. The Morgan fingerprint density at radius 2 is 2.38 bits per heavy atom. The van der Waals surface area contributed by atoms with Gasteiger partial charge < -0.3 is 10.3 Å². The van der Waals surface area contributed by atoms with Gasteiger partial charge in [-0.2, -0.15) is 0 Å². The molecule has 0 amide bonds. The van der Waals surface area contributed by atoms with E-state index in [1.54, 1.807) is 10.9 Å². The second-order valence-corrected chi connectivity index (χ2v) is 2.44. The van der Waals surface area contributed by atoms with Crippen LogP contribution in [0, 0.1) is 0 Å². The zero-order valence-corrected chi connectivity index (χ0v) is 7.01. The van der Waals surface area contributed by atoms with Crippen LogP contribution in [0.25, 0.3) is 11.5 Å². The fourth-order valence-electron chi connectivity index (χ4n) is 1.02. The van der Waals surface area contributed by atoms with E-state index in [0.29, 0.717) is 11.5 Å². The average Bonchev–Trinajstić information content (AvgIpc) is 2.71. The number of anilines is 1. The summed E-state index contributed by atoms with van der Waals surface area (Å²) in [5.74, 6) is 0.795. The molecule has 13 heavy (non-hydrogen) atoms. The third kappa shape index (κ3) is 1.13. The molecule has 0 fully saturated rings. The molecule has 2 aromatic rings. The van der Waals surface area contributed by atoms with Gasteiger partial charge in [0.05, 0.1) is 0 Å². The van der Waals surface area contributed by atoms with Crippen LogP contribution in [0.3, 0.4) is 0 Å². The smallest absolute Gasteiger partial charge is 0.199 e. The maximum atomic E-state index is 5.51. The van der Waals surface area contributed by atoms with Crippen molar-refractivity contribution in [3.05, 3.63) is 6.33 Å². The van der Waals surface area contributed by atoms with Gasteiger partial charge in [0.2, 0.25) is 0 Å². The average molecular weight is 180 g/mol. The molecule has 2 N–H and O–H groups in total. The van der Waals surface area contributed by atoms with Gasteiger partial charge in [0.1, 0.15) is 6.33 Å². The molecule has 0 aliphatic carbocycles. The van der Waals surface area contributed by atoms with Crippen molar-refractivity contribution in [2.24, 2.45) is 0 Å². The van der Waals surface area contributed by atoms with Crippen LogP contribution in [0.15, 0.2) is 11.0 Å². The third-order valence-corrected chi connectivity index (χ3v) is 1.68. The van der Waals surface area contributed by atoms with Gasteiger partial charge in [0.15, 0.2) is 17.3 Å². The zero-order valence-electron chi connectivity index (χ0n) is 7.01. The highest BCUT2D eigenvalue weighted by molar-refractivity contribution is 5.61. The number of hydrogen-bond acceptors (Lipinski definition) is 6. The first kappa shape index (κ1) is 7.71. The minimum Gasteiger partial charge on any atom is -0.379 e. The van der Waals surface area contributed by atoms with Crippen LogP contribution in [0.5, 0.6) is 0 Å². The van der Waals surface area contributed by atoms with Crippen molar-refractivity contribution >= 4 is 5.82 Å². The minimum absolute atomic E-state index is 0.225. The normalized spacial score (nSPS) is 10.5. The van der Waals surface area contributed by atoms with Crippen LogP contribution < -0.4 is 5.73 Å². The van der Waals surface area contributed by atoms with Crippen LogP contribution in [0.1, 0.15) is 6.92 Å². The van der Waals surface area contributed by atoms with E-state index in [-0.39, 0.29) is 5.82 Å². The summed E-state index contributed by atoms with van der Waals surface area (Å²) in [5.41, 5.74) is 5.94. The molecule has 0 saturated carbocycles. The van der Waals surface area contributed by atoms with Gasteiger partial charge >= 0.3 is 0 Å². The van der Waals surface area contributed by atoms with Gasteiger partial charge in [-0.05, 0) is 17.2 Å². The second kappa shape index (κ2) is 2.85. The van der Waals surface area contributed by atoms with Gasteiger partial charge in [-0.15, -0.1) is 10.2 Å². The summed E-state index contributed by atoms with van der Waals surface area (Å²) in [6, 6.07) is 0. The maximum Gasteiger partial charge on any atom is 0.199 e. The molecule has 0 aliphatic heterocycles. The van der Waals surface area contributed by atoms with Gasteiger partial charge in [0.25, 0.3) is 0 Å². The van der Waals surface area contributed by atoms with E-state index in [1.807, 2.05) is 6.92 Å². The second-order valence-electron chi connectivity index (χ2n) is 2.44. The Bertz CT molecular complexity index is 405. The minimum atomic E-state index is 0.225. The molecule has 0 aliphatic rings. The number of aryl methyl sites for hydroxylation is 1. The lowest BCUT2D eigenvalue weighted by Gasteiger charge is -1.97. The molecule has 0 unspecified atom stereocenters. The molecular formula is C6H8N6O. The number of hydrogen-bond donors (Lipinski definition) is 1. The summed E-state index contributed by atoms with van der Waals surface area (Å²) in [4.78, 5) is 0. The molecule has 0 bridgehead atoms. The monoisotopic (exact) mass is 180 g/mol. The van der Waals surface area contributed by atoms with E-state index in [1.165, 1.54) is 0 Å². The largest absolute Gasteiger partial charge is 0.379 e. The van der Waals surface area contributed by atoms with Gasteiger partial charge in [-0.3, -0.25) is 0 Å². The molecule has 2 rings (SSSR count). The van der Waals surface area contributed by atoms with Crippen molar-refractivity contribution in [2.75, 3.05) is 5.73 Å². The summed E-state index contributed by atoms with van der Waals surface area (Å²) in [6.07, 6.45) is 1.60. The van der Waals surface area contributed by atoms with Gasteiger partial charge in [-0.1, -0.05) is 0 Å². The fourth-order valence-corrected chi connectivity index (χ4v) is 1.02. The van der Waals surface area contributed by atoms with Crippen molar-refractivity contribution in [1.29, 1.82) is 0 Å². The molecule has 2 aromatic heterocycles. The molecule has 68 valence electrons. The van der Waals surface area contributed by atoms with Crippen LogP contribution in [0.4, 0.5) is 5.82 Å². The first-order valence-electron chi connectivity index (χ1n) is 3.79.